The van der Waals surface area contributed by atoms with E-state index in [1.54, 1.807) is 7.05 Å². The number of carbonyl (C=O) groups is 1. The number of carbonyl (C=O) groups excluding carboxylic acids is 1. The first-order chi connectivity index (χ1) is 10.7. The van der Waals surface area contributed by atoms with E-state index in [4.69, 9.17) is 4.74 Å². The van der Waals surface area contributed by atoms with Gasteiger partial charge < -0.3 is 15.0 Å². The SMILES string of the molecule is CN=C(NCCc1ccccc1)N1CCC(C(=O)OC)CC1. The van der Waals surface area contributed by atoms with Gasteiger partial charge in [0, 0.05) is 26.7 Å². The lowest BCUT2D eigenvalue weighted by Gasteiger charge is -2.33. The summed E-state index contributed by atoms with van der Waals surface area (Å²) in [4.78, 5) is 18.1. The first-order valence-electron chi connectivity index (χ1n) is 7.82. The van der Waals surface area contributed by atoms with Gasteiger partial charge in [-0.2, -0.15) is 0 Å². The molecule has 1 aliphatic heterocycles. The van der Waals surface area contributed by atoms with Crippen LogP contribution in [0.15, 0.2) is 35.3 Å². The van der Waals surface area contributed by atoms with E-state index in [2.05, 4.69) is 39.5 Å². The Morgan fingerprint density at radius 2 is 2.00 bits per heavy atom. The Morgan fingerprint density at radius 1 is 1.32 bits per heavy atom. The zero-order valence-corrected chi connectivity index (χ0v) is 13.4. The fourth-order valence-electron chi connectivity index (χ4n) is 2.79. The molecule has 1 saturated heterocycles. The summed E-state index contributed by atoms with van der Waals surface area (Å²) >= 11 is 0. The number of rotatable bonds is 4. The maximum absolute atomic E-state index is 11.6. The van der Waals surface area contributed by atoms with Gasteiger partial charge in [0.1, 0.15) is 0 Å². The van der Waals surface area contributed by atoms with Crippen LogP contribution in [0.4, 0.5) is 0 Å². The largest absolute Gasteiger partial charge is 0.469 e. The molecule has 1 aliphatic rings. The van der Waals surface area contributed by atoms with Crippen molar-refractivity contribution in [1.29, 1.82) is 0 Å². The minimum Gasteiger partial charge on any atom is -0.469 e. The van der Waals surface area contributed by atoms with Crippen molar-refractivity contribution >= 4 is 11.9 Å². The molecule has 1 heterocycles. The zero-order valence-electron chi connectivity index (χ0n) is 13.4. The smallest absolute Gasteiger partial charge is 0.308 e. The second-order valence-corrected chi connectivity index (χ2v) is 5.49. The standard InChI is InChI=1S/C17H25N3O2/c1-18-17(19-11-8-14-6-4-3-5-7-14)20-12-9-15(10-13-20)16(21)22-2/h3-7,15H,8-13H2,1-2H3,(H,18,19). The van der Waals surface area contributed by atoms with Crippen LogP contribution in [0.3, 0.4) is 0 Å². The molecular formula is C17H25N3O2. The Labute approximate surface area is 132 Å². The molecule has 22 heavy (non-hydrogen) atoms. The van der Waals surface area contributed by atoms with Gasteiger partial charge in [0.2, 0.25) is 0 Å². The number of piperidine rings is 1. The van der Waals surface area contributed by atoms with E-state index < -0.39 is 0 Å². The lowest BCUT2D eigenvalue weighted by Crippen LogP contribution is -2.47. The van der Waals surface area contributed by atoms with Gasteiger partial charge in [-0.05, 0) is 24.8 Å². The normalized spacial score (nSPS) is 16.5. The van der Waals surface area contributed by atoms with Gasteiger partial charge in [-0.1, -0.05) is 30.3 Å². The number of likely N-dealkylation sites (tertiary alicyclic amines) is 1. The third-order valence-electron chi connectivity index (χ3n) is 4.08. The molecule has 2 rings (SSSR count). The maximum Gasteiger partial charge on any atom is 0.308 e. The third-order valence-corrected chi connectivity index (χ3v) is 4.08. The number of guanidine groups is 1. The summed E-state index contributed by atoms with van der Waals surface area (Å²) in [5.74, 6) is 0.856. The molecule has 0 unspecified atom stereocenters. The number of aliphatic imine (C=N–C) groups is 1. The van der Waals surface area contributed by atoms with E-state index >= 15 is 0 Å². The first kappa shape index (κ1) is 16.3. The molecule has 0 aromatic heterocycles. The van der Waals surface area contributed by atoms with Crippen molar-refractivity contribution in [1.82, 2.24) is 10.2 Å². The highest BCUT2D eigenvalue weighted by Crippen LogP contribution is 2.18. The molecule has 1 N–H and O–H groups in total. The number of methoxy groups -OCH3 is 1. The molecule has 5 heteroatoms. The average molecular weight is 303 g/mol. The van der Waals surface area contributed by atoms with Crippen LogP contribution in [0.25, 0.3) is 0 Å². The molecule has 0 spiro atoms. The van der Waals surface area contributed by atoms with E-state index in [1.807, 2.05) is 6.07 Å². The molecule has 0 saturated carbocycles. The molecule has 1 aromatic carbocycles. The summed E-state index contributed by atoms with van der Waals surface area (Å²) in [5.41, 5.74) is 1.31. The van der Waals surface area contributed by atoms with E-state index in [-0.39, 0.29) is 11.9 Å². The zero-order chi connectivity index (χ0) is 15.8. The van der Waals surface area contributed by atoms with E-state index in [9.17, 15) is 4.79 Å². The van der Waals surface area contributed by atoms with E-state index in [1.165, 1.54) is 12.7 Å². The molecule has 1 aromatic rings. The number of benzene rings is 1. The van der Waals surface area contributed by atoms with Crippen molar-refractivity contribution in [2.45, 2.75) is 19.3 Å². The highest BCUT2D eigenvalue weighted by molar-refractivity contribution is 5.80. The van der Waals surface area contributed by atoms with Crippen molar-refractivity contribution in [2.24, 2.45) is 10.9 Å². The lowest BCUT2D eigenvalue weighted by molar-refractivity contribution is -0.146. The summed E-state index contributed by atoms with van der Waals surface area (Å²) in [5, 5.41) is 3.41. The predicted molar refractivity (Wildman–Crippen MR) is 87.8 cm³/mol. The Kier molecular flexibility index (Phi) is 6.25. The number of hydrogen-bond acceptors (Lipinski definition) is 3. The van der Waals surface area contributed by atoms with Gasteiger partial charge in [-0.25, -0.2) is 0 Å². The number of nitrogens with zero attached hydrogens (tertiary/aromatic N) is 2. The van der Waals surface area contributed by atoms with Crippen LogP contribution in [-0.2, 0) is 16.0 Å². The average Bonchev–Trinajstić information content (AvgIpc) is 2.59. The van der Waals surface area contributed by atoms with Gasteiger partial charge in [0.05, 0.1) is 13.0 Å². The van der Waals surface area contributed by atoms with Crippen molar-refractivity contribution in [3.05, 3.63) is 35.9 Å². The minimum absolute atomic E-state index is 0.0312. The third kappa shape index (κ3) is 4.48. The molecule has 1 fully saturated rings. The van der Waals surface area contributed by atoms with Crippen molar-refractivity contribution < 1.29 is 9.53 Å². The Bertz CT molecular complexity index is 494. The van der Waals surface area contributed by atoms with Crippen LogP contribution in [0.1, 0.15) is 18.4 Å². The molecule has 5 nitrogen and oxygen atoms in total. The summed E-state index contributed by atoms with van der Waals surface area (Å²) in [6.07, 6.45) is 2.62. The molecule has 0 radical (unpaired) electrons. The second-order valence-electron chi connectivity index (χ2n) is 5.49. The molecular weight excluding hydrogens is 278 g/mol. The predicted octanol–water partition coefficient (Wildman–Crippen LogP) is 1.69. The van der Waals surface area contributed by atoms with E-state index in [0.29, 0.717) is 0 Å². The summed E-state index contributed by atoms with van der Waals surface area (Å²) in [6, 6.07) is 10.4. The summed E-state index contributed by atoms with van der Waals surface area (Å²) in [6.45, 7) is 2.53. The van der Waals surface area contributed by atoms with Crippen molar-refractivity contribution in [3.8, 4) is 0 Å². The number of esters is 1. The molecule has 120 valence electrons. The number of hydrogen-bond donors (Lipinski definition) is 1. The molecule has 0 atom stereocenters. The lowest BCUT2D eigenvalue weighted by atomic mass is 9.97. The molecule has 0 amide bonds. The van der Waals surface area contributed by atoms with E-state index in [0.717, 1.165) is 44.9 Å². The number of nitrogens with one attached hydrogen (secondary N) is 1. The van der Waals surface area contributed by atoms with Crippen LogP contribution in [0.2, 0.25) is 0 Å². The van der Waals surface area contributed by atoms with Gasteiger partial charge in [-0.15, -0.1) is 0 Å². The Hall–Kier alpha value is -2.04. The summed E-state index contributed by atoms with van der Waals surface area (Å²) < 4.78 is 4.82. The maximum atomic E-state index is 11.6. The fourth-order valence-corrected chi connectivity index (χ4v) is 2.79. The molecule has 0 aliphatic carbocycles. The van der Waals surface area contributed by atoms with Crippen LogP contribution in [-0.4, -0.2) is 50.6 Å². The fraction of sp³-hybridized carbons (Fsp3) is 0.529. The Balaban J connectivity index is 1.77. The monoisotopic (exact) mass is 303 g/mol. The quantitative estimate of drug-likeness (QED) is 0.522. The van der Waals surface area contributed by atoms with Crippen LogP contribution >= 0.6 is 0 Å². The van der Waals surface area contributed by atoms with Crippen molar-refractivity contribution in [3.63, 3.8) is 0 Å². The highest BCUT2D eigenvalue weighted by Gasteiger charge is 2.26. The summed E-state index contributed by atoms with van der Waals surface area (Å²) in [7, 11) is 3.26. The first-order valence-corrected chi connectivity index (χ1v) is 7.82. The van der Waals surface area contributed by atoms with Gasteiger partial charge in [0.25, 0.3) is 0 Å². The van der Waals surface area contributed by atoms with Gasteiger partial charge in [0.15, 0.2) is 5.96 Å². The Morgan fingerprint density at radius 3 is 2.59 bits per heavy atom. The van der Waals surface area contributed by atoms with Gasteiger partial charge in [-0.3, -0.25) is 9.79 Å². The van der Waals surface area contributed by atoms with Crippen LogP contribution in [0, 0.1) is 5.92 Å². The van der Waals surface area contributed by atoms with Crippen LogP contribution in [0.5, 0.6) is 0 Å². The minimum atomic E-state index is -0.0910. The second kappa shape index (κ2) is 8.41. The van der Waals surface area contributed by atoms with Crippen LogP contribution < -0.4 is 5.32 Å². The number of ether oxygens (including phenoxy) is 1. The van der Waals surface area contributed by atoms with Crippen molar-refractivity contribution in [2.75, 3.05) is 33.8 Å². The molecule has 0 bridgehead atoms. The topological polar surface area (TPSA) is 53.9 Å². The highest BCUT2D eigenvalue weighted by atomic mass is 16.5. The van der Waals surface area contributed by atoms with Gasteiger partial charge >= 0.3 is 5.97 Å².